The second-order valence-corrected chi connectivity index (χ2v) is 7.39. The predicted molar refractivity (Wildman–Crippen MR) is 116 cm³/mol. The Morgan fingerprint density at radius 2 is 1.93 bits per heavy atom. The summed E-state index contributed by atoms with van der Waals surface area (Å²) >= 11 is 0. The lowest BCUT2D eigenvalue weighted by Crippen LogP contribution is -2.41. The van der Waals surface area contributed by atoms with Crippen LogP contribution in [0, 0.1) is 13.8 Å². The SMILES string of the molecule is Cc1cccc(NC(=O)CN(C[C@@H]2CCCO2)C(=O)/C=C/c2ccccc2)c1C. The van der Waals surface area contributed by atoms with Crippen LogP contribution in [0.2, 0.25) is 0 Å². The van der Waals surface area contributed by atoms with Crippen LogP contribution < -0.4 is 5.32 Å². The quantitative estimate of drug-likeness (QED) is 0.726. The molecule has 5 heteroatoms. The van der Waals surface area contributed by atoms with Gasteiger partial charge < -0.3 is 15.0 Å². The zero-order chi connectivity index (χ0) is 20.6. The van der Waals surface area contributed by atoms with Gasteiger partial charge in [0.15, 0.2) is 0 Å². The van der Waals surface area contributed by atoms with Crippen molar-refractivity contribution in [2.75, 3.05) is 25.0 Å². The summed E-state index contributed by atoms with van der Waals surface area (Å²) in [4.78, 5) is 27.1. The van der Waals surface area contributed by atoms with Crippen LogP contribution in [0.4, 0.5) is 5.69 Å². The fourth-order valence-corrected chi connectivity index (χ4v) is 3.35. The zero-order valence-electron chi connectivity index (χ0n) is 17.1. The second-order valence-electron chi connectivity index (χ2n) is 7.39. The topological polar surface area (TPSA) is 58.6 Å². The van der Waals surface area contributed by atoms with E-state index in [1.807, 2.05) is 62.4 Å². The maximum Gasteiger partial charge on any atom is 0.247 e. The third-order valence-corrected chi connectivity index (χ3v) is 5.19. The van der Waals surface area contributed by atoms with Crippen molar-refractivity contribution in [3.8, 4) is 0 Å². The molecule has 0 aromatic heterocycles. The fraction of sp³-hybridized carbons (Fsp3) is 0.333. The van der Waals surface area contributed by atoms with Gasteiger partial charge in [0.25, 0.3) is 0 Å². The molecule has 1 heterocycles. The van der Waals surface area contributed by atoms with Crippen LogP contribution in [0.25, 0.3) is 6.08 Å². The van der Waals surface area contributed by atoms with E-state index in [-0.39, 0.29) is 24.5 Å². The summed E-state index contributed by atoms with van der Waals surface area (Å²) in [5.74, 6) is -0.404. The minimum atomic E-state index is -0.210. The summed E-state index contributed by atoms with van der Waals surface area (Å²) in [6.07, 6.45) is 5.17. The van der Waals surface area contributed by atoms with Gasteiger partial charge in [0, 0.05) is 24.9 Å². The van der Waals surface area contributed by atoms with E-state index < -0.39 is 0 Å². The Hall–Kier alpha value is -2.92. The monoisotopic (exact) mass is 392 g/mol. The smallest absolute Gasteiger partial charge is 0.247 e. The molecule has 2 aromatic carbocycles. The average Bonchev–Trinajstić information content (AvgIpc) is 3.23. The number of nitrogens with one attached hydrogen (secondary N) is 1. The highest BCUT2D eigenvalue weighted by Crippen LogP contribution is 2.18. The van der Waals surface area contributed by atoms with Gasteiger partial charge in [-0.25, -0.2) is 0 Å². The van der Waals surface area contributed by atoms with Gasteiger partial charge in [0.2, 0.25) is 11.8 Å². The molecule has 2 aromatic rings. The molecule has 0 unspecified atom stereocenters. The molecule has 1 atom stereocenters. The van der Waals surface area contributed by atoms with E-state index in [0.29, 0.717) is 13.2 Å². The molecule has 152 valence electrons. The van der Waals surface area contributed by atoms with Gasteiger partial charge in [0.1, 0.15) is 6.54 Å². The largest absolute Gasteiger partial charge is 0.376 e. The molecule has 0 radical (unpaired) electrons. The first kappa shape index (κ1) is 20.8. The lowest BCUT2D eigenvalue weighted by atomic mass is 10.1. The normalized spacial score (nSPS) is 16.1. The van der Waals surface area contributed by atoms with Gasteiger partial charge in [-0.05, 0) is 55.5 Å². The summed E-state index contributed by atoms with van der Waals surface area (Å²) in [6, 6.07) is 15.4. The summed E-state index contributed by atoms with van der Waals surface area (Å²) in [7, 11) is 0. The van der Waals surface area contributed by atoms with Crippen molar-refractivity contribution in [2.45, 2.75) is 32.8 Å². The van der Waals surface area contributed by atoms with Crippen LogP contribution in [0.3, 0.4) is 0 Å². The van der Waals surface area contributed by atoms with E-state index in [0.717, 1.165) is 35.2 Å². The van der Waals surface area contributed by atoms with E-state index in [9.17, 15) is 9.59 Å². The fourth-order valence-electron chi connectivity index (χ4n) is 3.35. The molecule has 1 aliphatic rings. The number of hydrogen-bond acceptors (Lipinski definition) is 3. The molecular formula is C24H28N2O3. The number of nitrogens with zero attached hydrogens (tertiary/aromatic N) is 1. The molecule has 0 spiro atoms. The number of carbonyl (C=O) groups is 2. The van der Waals surface area contributed by atoms with Crippen LogP contribution in [-0.4, -0.2) is 42.5 Å². The van der Waals surface area contributed by atoms with Crippen molar-refractivity contribution in [1.29, 1.82) is 0 Å². The van der Waals surface area contributed by atoms with Gasteiger partial charge in [0.05, 0.1) is 6.10 Å². The highest BCUT2D eigenvalue weighted by Gasteiger charge is 2.23. The highest BCUT2D eigenvalue weighted by atomic mass is 16.5. The Labute approximate surface area is 172 Å². The molecule has 1 N–H and O–H groups in total. The van der Waals surface area contributed by atoms with Crippen molar-refractivity contribution in [1.82, 2.24) is 4.90 Å². The Bertz CT molecular complexity index is 871. The molecule has 0 bridgehead atoms. The van der Waals surface area contributed by atoms with Crippen molar-refractivity contribution in [3.63, 3.8) is 0 Å². The summed E-state index contributed by atoms with van der Waals surface area (Å²) in [5.41, 5.74) is 3.86. The van der Waals surface area contributed by atoms with Crippen LogP contribution in [0.5, 0.6) is 0 Å². The first-order valence-electron chi connectivity index (χ1n) is 10.0. The Morgan fingerprint density at radius 1 is 1.14 bits per heavy atom. The van der Waals surface area contributed by atoms with E-state index >= 15 is 0 Å². The van der Waals surface area contributed by atoms with Gasteiger partial charge in [-0.1, -0.05) is 42.5 Å². The molecule has 1 fully saturated rings. The summed E-state index contributed by atoms with van der Waals surface area (Å²) < 4.78 is 5.68. The van der Waals surface area contributed by atoms with Gasteiger partial charge in [-0.2, -0.15) is 0 Å². The molecule has 0 aliphatic carbocycles. The first-order chi connectivity index (χ1) is 14.0. The van der Waals surface area contributed by atoms with Crippen LogP contribution in [0.1, 0.15) is 29.5 Å². The van der Waals surface area contributed by atoms with Crippen molar-refractivity contribution < 1.29 is 14.3 Å². The maximum atomic E-state index is 12.8. The van der Waals surface area contributed by atoms with Gasteiger partial charge >= 0.3 is 0 Å². The standard InChI is InChI=1S/C24H28N2O3/c1-18-8-6-12-22(19(18)2)25-23(27)17-26(16-21-11-7-15-29-21)24(28)14-13-20-9-4-3-5-10-20/h3-6,8-10,12-14,21H,7,11,15-17H2,1-2H3,(H,25,27)/b14-13+/t21-/m0/s1. The Morgan fingerprint density at radius 3 is 2.66 bits per heavy atom. The van der Waals surface area contributed by atoms with Gasteiger partial charge in [-0.15, -0.1) is 0 Å². The maximum absolute atomic E-state index is 12.8. The third kappa shape index (κ3) is 6.03. The molecule has 3 rings (SSSR count). The highest BCUT2D eigenvalue weighted by molar-refractivity contribution is 5.98. The van der Waals surface area contributed by atoms with Crippen molar-refractivity contribution in [2.24, 2.45) is 0 Å². The van der Waals surface area contributed by atoms with E-state index in [1.165, 1.54) is 6.08 Å². The number of amides is 2. The Kier molecular flexibility index (Phi) is 7.19. The number of rotatable bonds is 7. The molecule has 1 aliphatic heterocycles. The van der Waals surface area contributed by atoms with E-state index in [4.69, 9.17) is 4.74 Å². The predicted octanol–water partition coefficient (Wildman–Crippen LogP) is 3.96. The number of hydrogen-bond donors (Lipinski definition) is 1. The lowest BCUT2D eigenvalue weighted by Gasteiger charge is -2.24. The van der Waals surface area contributed by atoms with Crippen LogP contribution in [0.15, 0.2) is 54.6 Å². The minimum Gasteiger partial charge on any atom is -0.376 e. The number of carbonyl (C=O) groups excluding carboxylic acids is 2. The second kappa shape index (κ2) is 10.0. The number of ether oxygens (including phenoxy) is 1. The van der Waals surface area contributed by atoms with Crippen molar-refractivity contribution >= 4 is 23.6 Å². The van der Waals surface area contributed by atoms with E-state index in [2.05, 4.69) is 5.32 Å². The molecule has 2 amide bonds. The molecule has 0 saturated carbocycles. The molecular weight excluding hydrogens is 364 g/mol. The van der Waals surface area contributed by atoms with Gasteiger partial charge in [-0.3, -0.25) is 9.59 Å². The third-order valence-electron chi connectivity index (χ3n) is 5.19. The molecule has 5 nitrogen and oxygen atoms in total. The van der Waals surface area contributed by atoms with Crippen LogP contribution in [-0.2, 0) is 14.3 Å². The van der Waals surface area contributed by atoms with Crippen LogP contribution >= 0.6 is 0 Å². The minimum absolute atomic E-state index is 0.00873. The summed E-state index contributed by atoms with van der Waals surface area (Å²) in [6.45, 7) is 5.10. The van der Waals surface area contributed by atoms with E-state index in [1.54, 1.807) is 11.0 Å². The zero-order valence-corrected chi connectivity index (χ0v) is 17.1. The number of anilines is 1. The lowest BCUT2D eigenvalue weighted by molar-refractivity contribution is -0.131. The molecule has 1 saturated heterocycles. The average molecular weight is 392 g/mol. The molecule has 29 heavy (non-hydrogen) atoms. The van der Waals surface area contributed by atoms with Crippen molar-refractivity contribution in [3.05, 3.63) is 71.3 Å². The number of benzene rings is 2. The Balaban J connectivity index is 1.68. The number of aryl methyl sites for hydroxylation is 1. The first-order valence-corrected chi connectivity index (χ1v) is 10.0. The summed E-state index contributed by atoms with van der Waals surface area (Å²) in [5, 5.41) is 2.94.